The third-order valence-corrected chi connectivity index (χ3v) is 1.70. The van der Waals surface area contributed by atoms with E-state index in [0.717, 1.165) is 25.9 Å². The average molecular weight is 173 g/mol. The maximum atomic E-state index is 10.4. The van der Waals surface area contributed by atoms with Gasteiger partial charge in [-0.25, -0.2) is 0 Å². The van der Waals surface area contributed by atoms with E-state index in [2.05, 4.69) is 6.92 Å². The molecule has 3 nitrogen and oxygen atoms in total. The molecule has 0 heterocycles. The second kappa shape index (κ2) is 7.10. The Morgan fingerprint density at radius 3 is 2.75 bits per heavy atom. The molecule has 0 radical (unpaired) electrons. The van der Waals surface area contributed by atoms with Gasteiger partial charge in [-0.05, 0) is 19.8 Å². The van der Waals surface area contributed by atoms with E-state index in [1.807, 2.05) is 6.92 Å². The van der Waals surface area contributed by atoms with Gasteiger partial charge in [-0.3, -0.25) is 4.79 Å². The van der Waals surface area contributed by atoms with Gasteiger partial charge in [0.15, 0.2) is 0 Å². The van der Waals surface area contributed by atoms with Gasteiger partial charge in [-0.2, -0.15) is 0 Å². The zero-order valence-electron chi connectivity index (χ0n) is 8.01. The Hall–Kier alpha value is -0.570. The van der Waals surface area contributed by atoms with Crippen molar-refractivity contribution >= 4 is 5.91 Å². The predicted molar refractivity (Wildman–Crippen MR) is 48.8 cm³/mol. The highest BCUT2D eigenvalue weighted by Gasteiger charge is 2.03. The molecule has 2 N–H and O–H groups in total. The minimum Gasteiger partial charge on any atom is -0.378 e. The summed E-state index contributed by atoms with van der Waals surface area (Å²) in [6.45, 7) is 4.88. The summed E-state index contributed by atoms with van der Waals surface area (Å²) in [6.07, 6.45) is 3.54. The fourth-order valence-electron chi connectivity index (χ4n) is 0.858. The lowest BCUT2D eigenvalue weighted by Gasteiger charge is -2.10. The molecule has 0 aliphatic heterocycles. The van der Waals surface area contributed by atoms with E-state index in [1.165, 1.54) is 0 Å². The average Bonchev–Trinajstić information content (AvgIpc) is 2.01. The number of unbranched alkanes of at least 4 members (excludes halogenated alkanes) is 1. The van der Waals surface area contributed by atoms with Crippen LogP contribution in [0, 0.1) is 0 Å². The number of carbonyl (C=O) groups excluding carboxylic acids is 1. The third kappa shape index (κ3) is 7.54. The van der Waals surface area contributed by atoms with Crippen molar-refractivity contribution in [3.63, 3.8) is 0 Å². The highest BCUT2D eigenvalue weighted by atomic mass is 16.5. The Bertz CT molecular complexity index is 126. The van der Waals surface area contributed by atoms with Crippen molar-refractivity contribution in [2.75, 3.05) is 6.61 Å². The summed E-state index contributed by atoms with van der Waals surface area (Å²) in [7, 11) is 0. The molecule has 0 aromatic heterocycles. The third-order valence-electron chi connectivity index (χ3n) is 1.70. The first-order valence-electron chi connectivity index (χ1n) is 4.56. The van der Waals surface area contributed by atoms with E-state index >= 15 is 0 Å². The van der Waals surface area contributed by atoms with E-state index in [-0.39, 0.29) is 12.0 Å². The van der Waals surface area contributed by atoms with Crippen LogP contribution >= 0.6 is 0 Å². The Morgan fingerprint density at radius 1 is 1.58 bits per heavy atom. The molecule has 0 aromatic rings. The molecule has 0 aliphatic rings. The fraction of sp³-hybridized carbons (Fsp3) is 0.889. The molecule has 1 amide bonds. The van der Waals surface area contributed by atoms with E-state index in [4.69, 9.17) is 10.5 Å². The number of hydrogen-bond acceptors (Lipinski definition) is 2. The van der Waals surface area contributed by atoms with Crippen molar-refractivity contribution < 1.29 is 9.53 Å². The summed E-state index contributed by atoms with van der Waals surface area (Å²) in [5.74, 6) is -0.249. The summed E-state index contributed by atoms with van der Waals surface area (Å²) in [6, 6.07) is 0. The highest BCUT2D eigenvalue weighted by Crippen LogP contribution is 2.02. The minimum atomic E-state index is -0.249. The molecular weight excluding hydrogens is 154 g/mol. The van der Waals surface area contributed by atoms with Crippen molar-refractivity contribution in [1.29, 1.82) is 0 Å². The van der Waals surface area contributed by atoms with Crippen LogP contribution in [0.5, 0.6) is 0 Å². The zero-order valence-corrected chi connectivity index (χ0v) is 8.01. The molecule has 0 fully saturated rings. The number of rotatable bonds is 7. The van der Waals surface area contributed by atoms with Gasteiger partial charge in [0.05, 0.1) is 6.10 Å². The van der Waals surface area contributed by atoms with E-state index < -0.39 is 0 Å². The summed E-state index contributed by atoms with van der Waals surface area (Å²) in [4.78, 5) is 10.4. The standard InChI is InChI=1S/C9H19NO2/c1-3-4-7-12-8(2)5-6-9(10)11/h8H,3-7H2,1-2H3,(H2,10,11). The summed E-state index contributed by atoms with van der Waals surface area (Å²) >= 11 is 0. The molecule has 1 unspecified atom stereocenters. The lowest BCUT2D eigenvalue weighted by atomic mass is 10.2. The largest absolute Gasteiger partial charge is 0.378 e. The molecule has 0 aromatic carbocycles. The van der Waals surface area contributed by atoms with Gasteiger partial charge >= 0.3 is 0 Å². The van der Waals surface area contributed by atoms with E-state index in [0.29, 0.717) is 6.42 Å². The van der Waals surface area contributed by atoms with Crippen molar-refractivity contribution in [3.8, 4) is 0 Å². The number of amides is 1. The number of hydrogen-bond donors (Lipinski definition) is 1. The molecule has 0 spiro atoms. The highest BCUT2D eigenvalue weighted by molar-refractivity contribution is 5.73. The maximum Gasteiger partial charge on any atom is 0.217 e. The molecule has 1 atom stereocenters. The Labute approximate surface area is 74.3 Å². The minimum absolute atomic E-state index is 0.157. The van der Waals surface area contributed by atoms with Crippen LogP contribution < -0.4 is 5.73 Å². The number of ether oxygens (including phenoxy) is 1. The van der Waals surface area contributed by atoms with Gasteiger partial charge in [-0.1, -0.05) is 13.3 Å². The Morgan fingerprint density at radius 2 is 2.25 bits per heavy atom. The Balaban J connectivity index is 3.21. The van der Waals surface area contributed by atoms with Gasteiger partial charge in [0.25, 0.3) is 0 Å². The summed E-state index contributed by atoms with van der Waals surface area (Å²) in [5.41, 5.74) is 5.00. The topological polar surface area (TPSA) is 52.3 Å². The van der Waals surface area contributed by atoms with Crippen LogP contribution in [0.3, 0.4) is 0 Å². The maximum absolute atomic E-state index is 10.4. The van der Waals surface area contributed by atoms with Crippen LogP contribution in [0.1, 0.15) is 39.5 Å². The lowest BCUT2D eigenvalue weighted by molar-refractivity contribution is -0.118. The van der Waals surface area contributed by atoms with Crippen LogP contribution in [0.25, 0.3) is 0 Å². The van der Waals surface area contributed by atoms with Gasteiger partial charge in [0.1, 0.15) is 0 Å². The molecule has 72 valence electrons. The van der Waals surface area contributed by atoms with Crippen LogP contribution in [0.4, 0.5) is 0 Å². The quantitative estimate of drug-likeness (QED) is 0.592. The smallest absolute Gasteiger partial charge is 0.217 e. The molecular formula is C9H19NO2. The second-order valence-corrected chi connectivity index (χ2v) is 3.04. The first-order valence-corrected chi connectivity index (χ1v) is 4.56. The first kappa shape index (κ1) is 11.4. The van der Waals surface area contributed by atoms with Gasteiger partial charge < -0.3 is 10.5 Å². The van der Waals surface area contributed by atoms with Gasteiger partial charge in [-0.15, -0.1) is 0 Å². The molecule has 0 rings (SSSR count). The van der Waals surface area contributed by atoms with Crippen LogP contribution in [0.2, 0.25) is 0 Å². The fourth-order valence-corrected chi connectivity index (χ4v) is 0.858. The second-order valence-electron chi connectivity index (χ2n) is 3.04. The normalized spacial score (nSPS) is 12.8. The van der Waals surface area contributed by atoms with Crippen molar-refractivity contribution in [3.05, 3.63) is 0 Å². The molecule has 0 bridgehead atoms. The molecule has 0 aliphatic carbocycles. The van der Waals surface area contributed by atoms with E-state index in [1.54, 1.807) is 0 Å². The Kier molecular flexibility index (Phi) is 6.76. The first-order chi connectivity index (χ1) is 5.66. The van der Waals surface area contributed by atoms with Crippen LogP contribution in [-0.4, -0.2) is 18.6 Å². The van der Waals surface area contributed by atoms with Crippen molar-refractivity contribution in [2.45, 2.75) is 45.6 Å². The molecule has 0 saturated heterocycles. The number of nitrogens with two attached hydrogens (primary N) is 1. The van der Waals surface area contributed by atoms with Gasteiger partial charge in [0.2, 0.25) is 5.91 Å². The van der Waals surface area contributed by atoms with Crippen molar-refractivity contribution in [2.24, 2.45) is 5.73 Å². The monoisotopic (exact) mass is 173 g/mol. The van der Waals surface area contributed by atoms with Crippen LogP contribution in [-0.2, 0) is 9.53 Å². The lowest BCUT2D eigenvalue weighted by Crippen LogP contribution is -2.16. The molecule has 0 saturated carbocycles. The molecule has 3 heteroatoms. The number of carbonyl (C=O) groups is 1. The van der Waals surface area contributed by atoms with E-state index in [9.17, 15) is 4.79 Å². The molecule has 12 heavy (non-hydrogen) atoms. The number of primary amides is 1. The van der Waals surface area contributed by atoms with Crippen LogP contribution in [0.15, 0.2) is 0 Å². The summed E-state index contributed by atoms with van der Waals surface area (Å²) < 4.78 is 5.42. The van der Waals surface area contributed by atoms with Crippen molar-refractivity contribution in [1.82, 2.24) is 0 Å². The SMILES string of the molecule is CCCCOC(C)CCC(N)=O. The zero-order chi connectivity index (χ0) is 9.40. The predicted octanol–water partition coefficient (Wildman–Crippen LogP) is 1.46. The summed E-state index contributed by atoms with van der Waals surface area (Å²) in [5, 5.41) is 0. The van der Waals surface area contributed by atoms with Gasteiger partial charge in [0, 0.05) is 13.0 Å².